The molecule has 1 saturated heterocycles. The van der Waals surface area contributed by atoms with Gasteiger partial charge in [-0.2, -0.15) is 11.8 Å². The lowest BCUT2D eigenvalue weighted by atomic mass is 9.87. The van der Waals surface area contributed by atoms with Crippen LogP contribution in [-0.4, -0.2) is 35.8 Å². The Morgan fingerprint density at radius 3 is 3.00 bits per heavy atom. The topological polar surface area (TPSA) is 32.3 Å². The first kappa shape index (κ1) is 12.3. The maximum atomic E-state index is 9.94. The molecule has 1 rings (SSSR count). The zero-order valence-electron chi connectivity index (χ0n) is 9.33. The van der Waals surface area contributed by atoms with E-state index in [0.29, 0.717) is 6.04 Å². The Bertz CT molecular complexity index is 154. The van der Waals surface area contributed by atoms with Gasteiger partial charge in [-0.25, -0.2) is 0 Å². The molecule has 0 aromatic rings. The Morgan fingerprint density at radius 1 is 1.57 bits per heavy atom. The van der Waals surface area contributed by atoms with Crippen LogP contribution in [0.2, 0.25) is 0 Å². The van der Waals surface area contributed by atoms with E-state index in [9.17, 15) is 5.11 Å². The SMILES string of the molecule is CCC1CCNC(C(O)CCSC)C1. The van der Waals surface area contributed by atoms with Crippen molar-refractivity contribution in [1.29, 1.82) is 0 Å². The van der Waals surface area contributed by atoms with Crippen LogP contribution in [0.5, 0.6) is 0 Å². The molecule has 1 aliphatic rings. The second-order valence-electron chi connectivity index (χ2n) is 4.21. The average Bonchev–Trinajstić information content (AvgIpc) is 2.26. The molecule has 0 radical (unpaired) electrons. The van der Waals surface area contributed by atoms with E-state index in [1.54, 1.807) is 0 Å². The van der Waals surface area contributed by atoms with E-state index >= 15 is 0 Å². The monoisotopic (exact) mass is 217 g/mol. The molecule has 2 nitrogen and oxygen atoms in total. The molecular formula is C11H23NOS. The summed E-state index contributed by atoms with van der Waals surface area (Å²) in [5, 5.41) is 13.4. The molecule has 3 atom stereocenters. The van der Waals surface area contributed by atoms with Crippen LogP contribution in [0, 0.1) is 5.92 Å². The quantitative estimate of drug-likeness (QED) is 0.737. The first-order valence-electron chi connectivity index (χ1n) is 5.68. The third-order valence-electron chi connectivity index (χ3n) is 3.21. The van der Waals surface area contributed by atoms with Gasteiger partial charge in [-0.05, 0) is 43.7 Å². The number of rotatable bonds is 5. The Morgan fingerprint density at radius 2 is 2.36 bits per heavy atom. The van der Waals surface area contributed by atoms with Crippen LogP contribution in [0.3, 0.4) is 0 Å². The highest BCUT2D eigenvalue weighted by atomic mass is 32.2. The van der Waals surface area contributed by atoms with E-state index in [2.05, 4.69) is 18.5 Å². The van der Waals surface area contributed by atoms with E-state index in [1.165, 1.54) is 12.8 Å². The highest BCUT2D eigenvalue weighted by Gasteiger charge is 2.25. The summed E-state index contributed by atoms with van der Waals surface area (Å²) in [7, 11) is 0. The minimum absolute atomic E-state index is 0.142. The van der Waals surface area contributed by atoms with Crippen LogP contribution in [-0.2, 0) is 0 Å². The van der Waals surface area contributed by atoms with Crippen molar-refractivity contribution in [2.75, 3.05) is 18.6 Å². The molecular weight excluding hydrogens is 194 g/mol. The molecule has 3 unspecified atom stereocenters. The molecule has 1 fully saturated rings. The van der Waals surface area contributed by atoms with E-state index in [4.69, 9.17) is 0 Å². The van der Waals surface area contributed by atoms with Gasteiger partial charge in [0.05, 0.1) is 6.10 Å². The van der Waals surface area contributed by atoms with Crippen LogP contribution in [0.1, 0.15) is 32.6 Å². The Balaban J connectivity index is 2.27. The van der Waals surface area contributed by atoms with Gasteiger partial charge in [0, 0.05) is 6.04 Å². The Labute approximate surface area is 91.9 Å². The number of aliphatic hydroxyl groups is 1. The lowest BCUT2D eigenvalue weighted by Crippen LogP contribution is -2.45. The molecule has 1 aliphatic heterocycles. The third-order valence-corrected chi connectivity index (χ3v) is 3.85. The van der Waals surface area contributed by atoms with Gasteiger partial charge < -0.3 is 10.4 Å². The number of piperidine rings is 1. The van der Waals surface area contributed by atoms with Gasteiger partial charge >= 0.3 is 0 Å². The number of thioether (sulfide) groups is 1. The van der Waals surface area contributed by atoms with E-state index in [-0.39, 0.29) is 6.10 Å². The molecule has 2 N–H and O–H groups in total. The summed E-state index contributed by atoms with van der Waals surface area (Å²) in [6.07, 6.45) is 6.57. The minimum atomic E-state index is -0.142. The molecule has 84 valence electrons. The van der Waals surface area contributed by atoms with Crippen LogP contribution in [0.25, 0.3) is 0 Å². The highest BCUT2D eigenvalue weighted by molar-refractivity contribution is 7.98. The number of hydrogen-bond acceptors (Lipinski definition) is 3. The predicted molar refractivity (Wildman–Crippen MR) is 63.8 cm³/mol. The molecule has 0 aromatic carbocycles. The Kier molecular flexibility index (Phi) is 5.90. The van der Waals surface area contributed by atoms with Crippen molar-refractivity contribution in [1.82, 2.24) is 5.32 Å². The summed E-state index contributed by atoms with van der Waals surface area (Å²) in [5.74, 6) is 1.89. The average molecular weight is 217 g/mol. The summed E-state index contributed by atoms with van der Waals surface area (Å²) in [6.45, 7) is 3.33. The van der Waals surface area contributed by atoms with Crippen molar-refractivity contribution < 1.29 is 5.11 Å². The zero-order valence-corrected chi connectivity index (χ0v) is 10.1. The van der Waals surface area contributed by atoms with Crippen molar-refractivity contribution in [2.24, 2.45) is 5.92 Å². The van der Waals surface area contributed by atoms with E-state index in [1.807, 2.05) is 11.8 Å². The molecule has 0 amide bonds. The summed E-state index contributed by atoms with van der Waals surface area (Å²) in [5.41, 5.74) is 0. The van der Waals surface area contributed by atoms with Gasteiger partial charge in [-0.15, -0.1) is 0 Å². The standard InChI is InChI=1S/C11H23NOS/c1-3-9-4-6-12-10(8-9)11(13)5-7-14-2/h9-13H,3-8H2,1-2H3. The van der Waals surface area contributed by atoms with Gasteiger partial charge in [-0.3, -0.25) is 0 Å². The van der Waals surface area contributed by atoms with Crippen molar-refractivity contribution in [3.8, 4) is 0 Å². The van der Waals surface area contributed by atoms with Gasteiger partial charge in [0.15, 0.2) is 0 Å². The van der Waals surface area contributed by atoms with Gasteiger partial charge in [0.2, 0.25) is 0 Å². The fraction of sp³-hybridized carbons (Fsp3) is 1.00. The first-order chi connectivity index (χ1) is 6.77. The molecule has 1 heterocycles. The normalized spacial score (nSPS) is 30.2. The van der Waals surface area contributed by atoms with Gasteiger partial charge in [0.1, 0.15) is 0 Å². The molecule has 0 aliphatic carbocycles. The molecule has 0 saturated carbocycles. The summed E-state index contributed by atoms with van der Waals surface area (Å²) in [6, 6.07) is 0.348. The van der Waals surface area contributed by atoms with Crippen molar-refractivity contribution in [3.05, 3.63) is 0 Å². The molecule has 3 heteroatoms. The molecule has 14 heavy (non-hydrogen) atoms. The van der Waals surface area contributed by atoms with Crippen LogP contribution in [0.15, 0.2) is 0 Å². The van der Waals surface area contributed by atoms with Gasteiger partial charge in [0.25, 0.3) is 0 Å². The first-order valence-corrected chi connectivity index (χ1v) is 7.07. The van der Waals surface area contributed by atoms with E-state index in [0.717, 1.165) is 31.1 Å². The van der Waals surface area contributed by atoms with Gasteiger partial charge in [-0.1, -0.05) is 13.3 Å². The maximum Gasteiger partial charge on any atom is 0.0701 e. The van der Waals surface area contributed by atoms with E-state index < -0.39 is 0 Å². The zero-order chi connectivity index (χ0) is 10.4. The van der Waals surface area contributed by atoms with Crippen LogP contribution < -0.4 is 5.32 Å². The molecule has 0 spiro atoms. The highest BCUT2D eigenvalue weighted by Crippen LogP contribution is 2.22. The minimum Gasteiger partial charge on any atom is -0.391 e. The Hall–Kier alpha value is 0.270. The number of hydrogen-bond donors (Lipinski definition) is 2. The third kappa shape index (κ3) is 3.79. The summed E-state index contributed by atoms with van der Waals surface area (Å²) in [4.78, 5) is 0. The van der Waals surface area contributed by atoms with Crippen molar-refractivity contribution >= 4 is 11.8 Å². The number of nitrogens with one attached hydrogen (secondary N) is 1. The fourth-order valence-corrected chi connectivity index (χ4v) is 2.61. The summed E-state index contributed by atoms with van der Waals surface area (Å²) < 4.78 is 0. The maximum absolute atomic E-state index is 9.94. The fourth-order valence-electron chi connectivity index (χ4n) is 2.14. The van der Waals surface area contributed by atoms with Crippen LogP contribution in [0.4, 0.5) is 0 Å². The second-order valence-corrected chi connectivity index (χ2v) is 5.19. The molecule has 0 bridgehead atoms. The molecule has 0 aromatic heterocycles. The van der Waals surface area contributed by atoms with Crippen LogP contribution >= 0.6 is 11.8 Å². The second kappa shape index (κ2) is 6.70. The van der Waals surface area contributed by atoms with Crippen molar-refractivity contribution in [2.45, 2.75) is 44.8 Å². The summed E-state index contributed by atoms with van der Waals surface area (Å²) >= 11 is 1.81. The largest absolute Gasteiger partial charge is 0.391 e. The number of aliphatic hydroxyl groups excluding tert-OH is 1. The lowest BCUT2D eigenvalue weighted by Gasteiger charge is -2.32. The predicted octanol–water partition coefficient (Wildman–Crippen LogP) is 1.88. The lowest BCUT2D eigenvalue weighted by molar-refractivity contribution is 0.0954. The van der Waals surface area contributed by atoms with Crippen molar-refractivity contribution in [3.63, 3.8) is 0 Å². The smallest absolute Gasteiger partial charge is 0.0701 e.